The Morgan fingerprint density at radius 3 is 2.78 bits per heavy atom. The quantitative estimate of drug-likeness (QED) is 0.756. The zero-order valence-corrected chi connectivity index (χ0v) is 11.3. The number of rotatable bonds is 5. The average molecular weight is 248 g/mol. The van der Waals surface area contributed by atoms with E-state index < -0.39 is 0 Å². The topological polar surface area (TPSA) is 78.5 Å². The summed E-state index contributed by atoms with van der Waals surface area (Å²) in [5.74, 6) is 2.00. The minimum Gasteiger partial charge on any atom is -0.367 e. The molecule has 0 saturated carbocycles. The van der Waals surface area contributed by atoms with Crippen molar-refractivity contribution < 1.29 is 0 Å². The highest BCUT2D eigenvalue weighted by Gasteiger charge is 2.14. The molecule has 3 N–H and O–H groups in total. The maximum absolute atomic E-state index is 4.45. The van der Waals surface area contributed by atoms with Crippen LogP contribution in [0.2, 0.25) is 0 Å². The van der Waals surface area contributed by atoms with Crippen molar-refractivity contribution in [3.8, 4) is 0 Å². The van der Waals surface area contributed by atoms with Gasteiger partial charge in [-0.05, 0) is 12.8 Å². The Balaban J connectivity index is 2.33. The van der Waals surface area contributed by atoms with Crippen molar-refractivity contribution in [2.45, 2.75) is 33.2 Å². The predicted molar refractivity (Wildman–Crippen MR) is 73.8 cm³/mol. The fraction of sp³-hybridized carbons (Fsp3) is 0.583. The van der Waals surface area contributed by atoms with E-state index in [1.165, 1.54) is 0 Å². The zero-order valence-electron chi connectivity index (χ0n) is 11.3. The second-order valence-corrected chi connectivity index (χ2v) is 4.60. The third-order valence-electron chi connectivity index (χ3n) is 3.40. The van der Waals surface area contributed by atoms with Gasteiger partial charge >= 0.3 is 0 Å². The van der Waals surface area contributed by atoms with E-state index in [0.29, 0.717) is 17.9 Å². The van der Waals surface area contributed by atoms with Gasteiger partial charge in [0.15, 0.2) is 5.65 Å². The molecule has 0 saturated heterocycles. The van der Waals surface area contributed by atoms with E-state index in [2.05, 4.69) is 51.6 Å². The predicted octanol–water partition coefficient (Wildman–Crippen LogP) is 2.24. The first-order valence-electron chi connectivity index (χ1n) is 6.31. The molecular weight excluding hydrogens is 228 g/mol. The average Bonchev–Trinajstić information content (AvgIpc) is 2.85. The molecule has 98 valence electrons. The monoisotopic (exact) mass is 248 g/mol. The molecule has 2 aromatic rings. The molecule has 2 aromatic heterocycles. The van der Waals surface area contributed by atoms with E-state index in [1.54, 1.807) is 13.2 Å². The molecule has 18 heavy (non-hydrogen) atoms. The Labute approximate surface area is 107 Å². The van der Waals surface area contributed by atoms with Gasteiger partial charge in [-0.1, -0.05) is 20.3 Å². The standard InChI is InChI=1S/C12H20N6/c1-5-7(2)8(3)15-10-9-6-14-18-11(9)17-12(13-4)16-10/h6-8H,5H2,1-4H3,(H3,13,14,15,16,17,18). The van der Waals surface area contributed by atoms with Crippen LogP contribution in [-0.2, 0) is 0 Å². The van der Waals surface area contributed by atoms with Gasteiger partial charge in [0.25, 0.3) is 0 Å². The molecule has 0 fully saturated rings. The highest BCUT2D eigenvalue weighted by molar-refractivity contribution is 5.87. The lowest BCUT2D eigenvalue weighted by Gasteiger charge is -2.20. The second kappa shape index (κ2) is 5.20. The molecule has 6 nitrogen and oxygen atoms in total. The molecule has 0 radical (unpaired) electrons. The Morgan fingerprint density at radius 2 is 2.11 bits per heavy atom. The Hall–Kier alpha value is -1.85. The number of nitrogens with one attached hydrogen (secondary N) is 3. The van der Waals surface area contributed by atoms with E-state index in [-0.39, 0.29) is 0 Å². The molecule has 2 rings (SSSR count). The van der Waals surface area contributed by atoms with Crippen LogP contribution in [0.3, 0.4) is 0 Å². The second-order valence-electron chi connectivity index (χ2n) is 4.60. The Kier molecular flexibility index (Phi) is 3.64. The summed E-state index contributed by atoms with van der Waals surface area (Å²) >= 11 is 0. The van der Waals surface area contributed by atoms with Gasteiger partial charge in [-0.15, -0.1) is 0 Å². The lowest BCUT2D eigenvalue weighted by molar-refractivity contribution is 0.494. The normalized spacial score (nSPS) is 14.4. The summed E-state index contributed by atoms with van der Waals surface area (Å²) < 4.78 is 0. The van der Waals surface area contributed by atoms with Crippen LogP contribution in [0.4, 0.5) is 11.8 Å². The van der Waals surface area contributed by atoms with Gasteiger partial charge in [-0.25, -0.2) is 0 Å². The van der Waals surface area contributed by atoms with Crippen molar-refractivity contribution in [3.63, 3.8) is 0 Å². The summed E-state index contributed by atoms with van der Waals surface area (Å²) in [6, 6.07) is 0.354. The largest absolute Gasteiger partial charge is 0.367 e. The van der Waals surface area contributed by atoms with Crippen LogP contribution >= 0.6 is 0 Å². The molecule has 0 spiro atoms. The maximum Gasteiger partial charge on any atom is 0.226 e. The number of nitrogens with zero attached hydrogens (tertiary/aromatic N) is 3. The number of anilines is 2. The fourth-order valence-corrected chi connectivity index (χ4v) is 1.77. The van der Waals surface area contributed by atoms with Crippen molar-refractivity contribution >= 4 is 22.8 Å². The minimum atomic E-state index is 0.354. The summed E-state index contributed by atoms with van der Waals surface area (Å²) in [6.45, 7) is 6.58. The van der Waals surface area contributed by atoms with E-state index in [4.69, 9.17) is 0 Å². The van der Waals surface area contributed by atoms with Gasteiger partial charge < -0.3 is 10.6 Å². The smallest absolute Gasteiger partial charge is 0.226 e. The van der Waals surface area contributed by atoms with Gasteiger partial charge in [0.05, 0.1) is 11.6 Å². The van der Waals surface area contributed by atoms with Crippen LogP contribution in [0.15, 0.2) is 6.20 Å². The summed E-state index contributed by atoms with van der Waals surface area (Å²) in [7, 11) is 1.80. The first-order chi connectivity index (χ1) is 8.65. The third-order valence-corrected chi connectivity index (χ3v) is 3.40. The molecule has 0 amide bonds. The summed E-state index contributed by atoms with van der Waals surface area (Å²) in [6.07, 6.45) is 2.88. The first kappa shape index (κ1) is 12.6. The van der Waals surface area contributed by atoms with Gasteiger partial charge in [-0.3, -0.25) is 5.10 Å². The molecule has 2 unspecified atom stereocenters. The molecule has 0 aliphatic heterocycles. The van der Waals surface area contributed by atoms with Crippen LogP contribution in [0.1, 0.15) is 27.2 Å². The highest BCUT2D eigenvalue weighted by Crippen LogP contribution is 2.22. The molecule has 2 atom stereocenters. The van der Waals surface area contributed by atoms with E-state index in [9.17, 15) is 0 Å². The first-order valence-corrected chi connectivity index (χ1v) is 6.31. The maximum atomic E-state index is 4.45. The van der Waals surface area contributed by atoms with Crippen LogP contribution < -0.4 is 10.6 Å². The number of hydrogen-bond acceptors (Lipinski definition) is 5. The van der Waals surface area contributed by atoms with E-state index in [1.807, 2.05) is 0 Å². The number of aromatic nitrogens is 4. The highest BCUT2D eigenvalue weighted by atomic mass is 15.2. The Morgan fingerprint density at radius 1 is 1.33 bits per heavy atom. The lowest BCUT2D eigenvalue weighted by atomic mass is 10.0. The summed E-state index contributed by atoms with van der Waals surface area (Å²) in [5.41, 5.74) is 0.744. The van der Waals surface area contributed by atoms with Crippen LogP contribution in [-0.4, -0.2) is 33.3 Å². The van der Waals surface area contributed by atoms with Crippen LogP contribution in [0.5, 0.6) is 0 Å². The molecule has 0 aliphatic carbocycles. The van der Waals surface area contributed by atoms with Gasteiger partial charge in [0.1, 0.15) is 5.82 Å². The summed E-state index contributed by atoms with van der Waals surface area (Å²) in [5, 5.41) is 14.2. The van der Waals surface area contributed by atoms with Crippen molar-refractivity contribution in [1.29, 1.82) is 0 Å². The molecule has 2 heterocycles. The van der Waals surface area contributed by atoms with E-state index >= 15 is 0 Å². The molecule has 6 heteroatoms. The number of hydrogen-bond donors (Lipinski definition) is 3. The van der Waals surface area contributed by atoms with E-state index in [0.717, 1.165) is 23.3 Å². The SMILES string of the molecule is CCC(C)C(C)Nc1nc(NC)nc2[nH]ncc12. The zero-order chi connectivity index (χ0) is 13.1. The van der Waals surface area contributed by atoms with Gasteiger partial charge in [0.2, 0.25) is 5.95 Å². The van der Waals surface area contributed by atoms with Crippen molar-refractivity contribution in [3.05, 3.63) is 6.20 Å². The third kappa shape index (κ3) is 2.37. The molecule has 0 bridgehead atoms. The molecule has 0 aromatic carbocycles. The lowest BCUT2D eigenvalue weighted by Crippen LogP contribution is -2.24. The van der Waals surface area contributed by atoms with Crippen molar-refractivity contribution in [2.24, 2.45) is 5.92 Å². The Bertz CT molecular complexity index is 520. The number of aromatic amines is 1. The number of H-pyrrole nitrogens is 1. The molecule has 0 aliphatic rings. The summed E-state index contributed by atoms with van der Waals surface area (Å²) in [4.78, 5) is 8.76. The van der Waals surface area contributed by atoms with Gasteiger partial charge in [-0.2, -0.15) is 15.1 Å². The van der Waals surface area contributed by atoms with Crippen LogP contribution in [0, 0.1) is 5.92 Å². The van der Waals surface area contributed by atoms with Gasteiger partial charge in [0, 0.05) is 13.1 Å². The van der Waals surface area contributed by atoms with Crippen molar-refractivity contribution in [1.82, 2.24) is 20.2 Å². The fourth-order valence-electron chi connectivity index (χ4n) is 1.77. The van der Waals surface area contributed by atoms with Crippen molar-refractivity contribution in [2.75, 3.05) is 17.7 Å². The number of fused-ring (bicyclic) bond motifs is 1. The minimum absolute atomic E-state index is 0.354. The van der Waals surface area contributed by atoms with Crippen LogP contribution in [0.25, 0.3) is 11.0 Å². The molecular formula is C12H20N6.